The van der Waals surface area contributed by atoms with Crippen LogP contribution >= 0.6 is 11.9 Å². The molecule has 1 atom stereocenters. The minimum Gasteiger partial charge on any atom is -0.330 e. The van der Waals surface area contributed by atoms with E-state index in [0.717, 1.165) is 33.8 Å². The molecule has 27 heavy (non-hydrogen) atoms. The molecule has 1 aromatic rings. The first kappa shape index (κ1) is 20.0. The van der Waals surface area contributed by atoms with Gasteiger partial charge in [-0.25, -0.2) is 4.31 Å². The second kappa shape index (κ2) is 8.10. The van der Waals surface area contributed by atoms with Crippen LogP contribution in [0.15, 0.2) is 46.9 Å². The van der Waals surface area contributed by atoms with Gasteiger partial charge in [0, 0.05) is 24.0 Å². The maximum absolute atomic E-state index is 12.7. The molecule has 1 aliphatic heterocycles. The summed E-state index contributed by atoms with van der Waals surface area (Å²) < 4.78 is 40.3. The van der Waals surface area contributed by atoms with Gasteiger partial charge in [0.25, 0.3) is 0 Å². The predicted octanol–water partition coefficient (Wildman–Crippen LogP) is 4.74. The van der Waals surface area contributed by atoms with Gasteiger partial charge < -0.3 is 4.90 Å². The van der Waals surface area contributed by atoms with Crippen molar-refractivity contribution in [3.05, 3.63) is 53.1 Å². The topological polar surface area (TPSA) is 23.6 Å². The summed E-state index contributed by atoms with van der Waals surface area (Å²) in [5, 5.41) is 0. The zero-order valence-corrected chi connectivity index (χ0v) is 16.2. The standard InChI is InChI=1S/C20H23F3N2OS/c1-14(15-6-4-3-5-7-15)24(2)27-18-9-8-16-10-11-25(13-17(16)12-18)19(26)20(21,22)23/h4,6-9,12,14H,3,5,10-11,13H2,1-2H3/t14-/m0/s1. The molecule has 146 valence electrons. The van der Waals surface area contributed by atoms with Crippen LogP contribution in [0.5, 0.6) is 0 Å². The second-order valence-corrected chi connectivity index (χ2v) is 8.13. The molecule has 0 spiro atoms. The number of rotatable bonds is 4. The minimum atomic E-state index is -4.82. The molecule has 0 radical (unpaired) electrons. The van der Waals surface area contributed by atoms with Gasteiger partial charge in [-0.15, -0.1) is 0 Å². The van der Waals surface area contributed by atoms with E-state index in [1.54, 1.807) is 11.9 Å². The Hall–Kier alpha value is -1.73. The molecule has 7 heteroatoms. The normalized spacial score (nSPS) is 18.3. The summed E-state index contributed by atoms with van der Waals surface area (Å²) >= 11 is 1.57. The fraction of sp³-hybridized carbons (Fsp3) is 0.450. The second-order valence-electron chi connectivity index (χ2n) is 6.90. The van der Waals surface area contributed by atoms with E-state index in [2.05, 4.69) is 29.5 Å². The first-order valence-corrected chi connectivity index (χ1v) is 9.78. The van der Waals surface area contributed by atoms with Crippen molar-refractivity contribution in [2.75, 3.05) is 13.6 Å². The van der Waals surface area contributed by atoms with Crippen molar-refractivity contribution >= 4 is 17.9 Å². The lowest BCUT2D eigenvalue weighted by molar-refractivity contribution is -0.186. The summed E-state index contributed by atoms with van der Waals surface area (Å²) in [4.78, 5) is 13.4. The van der Waals surface area contributed by atoms with Gasteiger partial charge in [0.1, 0.15) is 0 Å². The lowest BCUT2D eigenvalue weighted by Crippen LogP contribution is -2.43. The Morgan fingerprint density at radius 1 is 1.26 bits per heavy atom. The van der Waals surface area contributed by atoms with Crippen molar-refractivity contribution in [3.8, 4) is 0 Å². The Morgan fingerprint density at radius 3 is 2.70 bits per heavy atom. The average molecular weight is 396 g/mol. The predicted molar refractivity (Wildman–Crippen MR) is 101 cm³/mol. The molecule has 1 aromatic carbocycles. The maximum atomic E-state index is 12.7. The molecule has 0 unspecified atom stereocenters. The highest BCUT2D eigenvalue weighted by Gasteiger charge is 2.43. The van der Waals surface area contributed by atoms with Crippen LogP contribution in [0.2, 0.25) is 0 Å². The van der Waals surface area contributed by atoms with Crippen molar-refractivity contribution < 1.29 is 18.0 Å². The SMILES string of the molecule is C[C@@H](C1=CCCC=C1)N(C)Sc1ccc2c(c1)CN(C(=O)C(F)(F)F)CC2. The number of allylic oxidation sites excluding steroid dienone is 2. The van der Waals surface area contributed by atoms with Crippen LogP contribution in [-0.4, -0.2) is 40.9 Å². The first-order valence-electron chi connectivity index (χ1n) is 9.01. The van der Waals surface area contributed by atoms with E-state index >= 15 is 0 Å². The molecule has 1 aliphatic carbocycles. The molecular weight excluding hydrogens is 373 g/mol. The van der Waals surface area contributed by atoms with E-state index in [1.807, 2.05) is 25.2 Å². The molecule has 1 amide bonds. The highest BCUT2D eigenvalue weighted by molar-refractivity contribution is 7.97. The molecule has 2 aliphatic rings. The molecule has 3 rings (SSSR count). The van der Waals surface area contributed by atoms with Crippen LogP contribution in [0.1, 0.15) is 30.9 Å². The van der Waals surface area contributed by atoms with E-state index in [1.165, 1.54) is 5.57 Å². The first-order chi connectivity index (χ1) is 12.8. The fourth-order valence-corrected chi connectivity index (χ4v) is 4.28. The molecule has 0 bridgehead atoms. The average Bonchev–Trinajstić information content (AvgIpc) is 2.66. The smallest absolute Gasteiger partial charge is 0.330 e. The third kappa shape index (κ3) is 4.76. The number of likely N-dealkylation sites (N-methyl/N-ethyl adjacent to an activating group) is 1. The quantitative estimate of drug-likeness (QED) is 0.687. The third-order valence-corrected chi connectivity index (χ3v) is 6.09. The summed E-state index contributed by atoms with van der Waals surface area (Å²) in [7, 11) is 2.01. The number of amides is 1. The third-order valence-electron chi connectivity index (χ3n) is 5.02. The van der Waals surface area contributed by atoms with Crippen molar-refractivity contribution in [1.29, 1.82) is 0 Å². The van der Waals surface area contributed by atoms with Crippen LogP contribution in [-0.2, 0) is 17.8 Å². The van der Waals surface area contributed by atoms with E-state index in [0.29, 0.717) is 6.42 Å². The van der Waals surface area contributed by atoms with Crippen LogP contribution < -0.4 is 0 Å². The zero-order valence-electron chi connectivity index (χ0n) is 15.4. The lowest BCUT2D eigenvalue weighted by atomic mass is 10.00. The molecule has 0 saturated heterocycles. The monoisotopic (exact) mass is 396 g/mol. The van der Waals surface area contributed by atoms with Crippen LogP contribution in [0, 0.1) is 0 Å². The van der Waals surface area contributed by atoms with Crippen LogP contribution in [0.3, 0.4) is 0 Å². The summed E-state index contributed by atoms with van der Waals surface area (Å²) in [5.41, 5.74) is 3.08. The lowest BCUT2D eigenvalue weighted by Gasteiger charge is -2.30. The number of carbonyl (C=O) groups is 1. The van der Waals surface area contributed by atoms with E-state index in [9.17, 15) is 18.0 Å². The Bertz CT molecular complexity index is 773. The highest BCUT2D eigenvalue weighted by atomic mass is 32.2. The molecule has 3 nitrogen and oxygen atoms in total. The summed E-state index contributed by atoms with van der Waals surface area (Å²) in [6, 6.07) is 6.10. The minimum absolute atomic E-state index is 0.00916. The van der Waals surface area contributed by atoms with Crippen LogP contribution in [0.4, 0.5) is 13.2 Å². The van der Waals surface area contributed by atoms with Gasteiger partial charge in [-0.2, -0.15) is 13.2 Å². The number of halogens is 3. The molecule has 0 fully saturated rings. The molecule has 1 heterocycles. The van der Waals surface area contributed by atoms with Gasteiger partial charge in [-0.05, 0) is 74.0 Å². The maximum Gasteiger partial charge on any atom is 0.471 e. The Labute approximate surface area is 162 Å². The van der Waals surface area contributed by atoms with Crippen molar-refractivity contribution in [2.45, 2.75) is 49.8 Å². The zero-order chi connectivity index (χ0) is 19.6. The summed E-state index contributed by atoms with van der Waals surface area (Å²) in [6.07, 6.45) is 4.33. The van der Waals surface area contributed by atoms with Gasteiger partial charge >= 0.3 is 12.1 Å². The van der Waals surface area contributed by atoms with E-state index in [-0.39, 0.29) is 19.1 Å². The molecular formula is C20H23F3N2OS. The van der Waals surface area contributed by atoms with Gasteiger partial charge in [0.15, 0.2) is 0 Å². The molecule has 0 aromatic heterocycles. The van der Waals surface area contributed by atoms with Crippen molar-refractivity contribution in [2.24, 2.45) is 0 Å². The molecule has 0 N–H and O–H groups in total. The van der Waals surface area contributed by atoms with Gasteiger partial charge in [-0.1, -0.05) is 24.3 Å². The van der Waals surface area contributed by atoms with Crippen molar-refractivity contribution in [3.63, 3.8) is 0 Å². The fourth-order valence-electron chi connectivity index (χ4n) is 3.34. The largest absolute Gasteiger partial charge is 0.471 e. The summed E-state index contributed by atoms with van der Waals surface area (Å²) in [5.74, 6) is -1.76. The highest BCUT2D eigenvalue weighted by Crippen LogP contribution is 2.31. The van der Waals surface area contributed by atoms with Gasteiger partial charge in [-0.3, -0.25) is 4.79 Å². The molecule has 0 saturated carbocycles. The Morgan fingerprint density at radius 2 is 2.04 bits per heavy atom. The van der Waals surface area contributed by atoms with Crippen LogP contribution in [0.25, 0.3) is 0 Å². The number of alkyl halides is 3. The Balaban J connectivity index is 1.70. The van der Waals surface area contributed by atoms with Gasteiger partial charge in [0.2, 0.25) is 0 Å². The number of carbonyl (C=O) groups excluding carboxylic acids is 1. The number of hydrogen-bond acceptors (Lipinski definition) is 3. The van der Waals surface area contributed by atoms with Crippen molar-refractivity contribution in [1.82, 2.24) is 9.21 Å². The summed E-state index contributed by atoms with van der Waals surface area (Å²) in [6.45, 7) is 2.25. The van der Waals surface area contributed by atoms with Gasteiger partial charge in [0.05, 0.1) is 0 Å². The number of benzene rings is 1. The Kier molecular flexibility index (Phi) is 6.01. The number of nitrogens with zero attached hydrogens (tertiary/aromatic N) is 2. The number of hydrogen-bond donors (Lipinski definition) is 0. The van der Waals surface area contributed by atoms with E-state index < -0.39 is 12.1 Å². The number of fused-ring (bicyclic) bond motifs is 1. The van der Waals surface area contributed by atoms with E-state index in [4.69, 9.17) is 0 Å².